The Balaban J connectivity index is 1.89. The summed E-state index contributed by atoms with van der Waals surface area (Å²) in [6, 6.07) is 10.3. The standard InChI is InChI=1S/C16H13ClN2S/c1-9-7-11(9)15-18-14(17)13-12(8-20-16(13)19-15)10-5-3-2-4-6-10/h2-6,8-9,11H,7H2,1H3. The smallest absolute Gasteiger partial charge is 0.142 e. The highest BCUT2D eigenvalue weighted by Crippen LogP contribution is 2.47. The number of aromatic nitrogens is 2. The maximum atomic E-state index is 6.43. The van der Waals surface area contributed by atoms with Crippen molar-refractivity contribution < 1.29 is 0 Å². The van der Waals surface area contributed by atoms with Crippen LogP contribution in [0, 0.1) is 5.92 Å². The molecule has 0 bridgehead atoms. The summed E-state index contributed by atoms with van der Waals surface area (Å²) in [5, 5.41) is 3.70. The third kappa shape index (κ3) is 1.93. The maximum Gasteiger partial charge on any atom is 0.142 e. The summed E-state index contributed by atoms with van der Waals surface area (Å²) in [7, 11) is 0. The van der Waals surface area contributed by atoms with Crippen molar-refractivity contribution in [1.82, 2.24) is 9.97 Å². The SMILES string of the molecule is CC1CC1c1nc(Cl)c2c(-c3ccccc3)csc2n1. The summed E-state index contributed by atoms with van der Waals surface area (Å²) in [6.07, 6.45) is 1.18. The zero-order chi connectivity index (χ0) is 13.7. The van der Waals surface area contributed by atoms with E-state index < -0.39 is 0 Å². The largest absolute Gasteiger partial charge is 0.222 e. The van der Waals surface area contributed by atoms with E-state index in [0.717, 1.165) is 27.2 Å². The first-order valence-corrected chi connectivity index (χ1v) is 8.00. The van der Waals surface area contributed by atoms with Crippen LogP contribution in [0.3, 0.4) is 0 Å². The lowest BCUT2D eigenvalue weighted by atomic mass is 10.1. The van der Waals surface area contributed by atoms with Crippen molar-refractivity contribution in [2.45, 2.75) is 19.3 Å². The van der Waals surface area contributed by atoms with E-state index in [1.807, 2.05) is 18.2 Å². The van der Waals surface area contributed by atoms with Crippen LogP contribution in [0.15, 0.2) is 35.7 Å². The first-order valence-electron chi connectivity index (χ1n) is 6.74. The van der Waals surface area contributed by atoms with Gasteiger partial charge in [-0.05, 0) is 17.9 Å². The highest BCUT2D eigenvalue weighted by Gasteiger charge is 2.37. The number of thiophene rings is 1. The lowest BCUT2D eigenvalue weighted by Gasteiger charge is -2.03. The van der Waals surface area contributed by atoms with Crippen LogP contribution in [0.2, 0.25) is 5.15 Å². The molecule has 1 aliphatic rings. The van der Waals surface area contributed by atoms with Crippen molar-refractivity contribution >= 4 is 33.2 Å². The van der Waals surface area contributed by atoms with Crippen molar-refractivity contribution in [3.05, 3.63) is 46.7 Å². The molecule has 2 heterocycles. The molecule has 1 fully saturated rings. The van der Waals surface area contributed by atoms with Gasteiger partial charge in [-0.1, -0.05) is 48.9 Å². The first kappa shape index (κ1) is 12.3. The molecule has 3 aromatic rings. The van der Waals surface area contributed by atoms with Crippen LogP contribution in [0.5, 0.6) is 0 Å². The van der Waals surface area contributed by atoms with E-state index in [-0.39, 0.29) is 0 Å². The van der Waals surface area contributed by atoms with Gasteiger partial charge in [0, 0.05) is 16.9 Å². The third-order valence-corrected chi connectivity index (χ3v) is 5.08. The monoisotopic (exact) mass is 300 g/mol. The Kier molecular flexibility index (Phi) is 2.79. The summed E-state index contributed by atoms with van der Waals surface area (Å²) < 4.78 is 0. The Morgan fingerprint density at radius 2 is 1.95 bits per heavy atom. The van der Waals surface area contributed by atoms with Crippen LogP contribution >= 0.6 is 22.9 Å². The molecule has 1 saturated carbocycles. The molecule has 1 aliphatic carbocycles. The van der Waals surface area contributed by atoms with E-state index in [2.05, 4.69) is 29.4 Å². The number of hydrogen-bond acceptors (Lipinski definition) is 3. The predicted molar refractivity (Wildman–Crippen MR) is 84.4 cm³/mol. The second kappa shape index (κ2) is 4.54. The van der Waals surface area contributed by atoms with Crippen molar-refractivity contribution in [3.63, 3.8) is 0 Å². The number of benzene rings is 1. The van der Waals surface area contributed by atoms with Crippen LogP contribution in [0.25, 0.3) is 21.3 Å². The minimum Gasteiger partial charge on any atom is -0.222 e. The number of halogens is 1. The molecule has 0 N–H and O–H groups in total. The number of hydrogen-bond donors (Lipinski definition) is 0. The summed E-state index contributed by atoms with van der Waals surface area (Å²) >= 11 is 8.08. The van der Waals surface area contributed by atoms with Gasteiger partial charge in [0.15, 0.2) is 0 Å². The summed E-state index contributed by atoms with van der Waals surface area (Å²) in [5.41, 5.74) is 2.29. The molecule has 100 valence electrons. The topological polar surface area (TPSA) is 25.8 Å². The minimum absolute atomic E-state index is 0.499. The van der Waals surface area contributed by atoms with Crippen molar-refractivity contribution in [1.29, 1.82) is 0 Å². The summed E-state index contributed by atoms with van der Waals surface area (Å²) in [6.45, 7) is 2.23. The van der Waals surface area contributed by atoms with Crippen LogP contribution in [0.4, 0.5) is 0 Å². The summed E-state index contributed by atoms with van der Waals surface area (Å²) in [5.74, 6) is 2.10. The van der Waals surface area contributed by atoms with Gasteiger partial charge in [0.05, 0.1) is 5.39 Å². The Morgan fingerprint density at radius 3 is 2.65 bits per heavy atom. The van der Waals surface area contributed by atoms with E-state index >= 15 is 0 Å². The zero-order valence-corrected chi connectivity index (χ0v) is 12.6. The molecule has 0 spiro atoms. The Labute approximate surface area is 126 Å². The van der Waals surface area contributed by atoms with Crippen LogP contribution < -0.4 is 0 Å². The highest BCUT2D eigenvalue weighted by atomic mass is 35.5. The van der Waals surface area contributed by atoms with E-state index in [4.69, 9.17) is 16.6 Å². The van der Waals surface area contributed by atoms with E-state index in [1.165, 1.54) is 6.42 Å². The van der Waals surface area contributed by atoms with Crippen LogP contribution in [-0.4, -0.2) is 9.97 Å². The van der Waals surface area contributed by atoms with Gasteiger partial charge in [-0.2, -0.15) is 0 Å². The van der Waals surface area contributed by atoms with Crippen molar-refractivity contribution in [3.8, 4) is 11.1 Å². The summed E-state index contributed by atoms with van der Waals surface area (Å²) in [4.78, 5) is 10.2. The molecule has 1 aromatic carbocycles. The molecule has 2 aromatic heterocycles. The van der Waals surface area contributed by atoms with Gasteiger partial charge in [0.1, 0.15) is 15.8 Å². The molecule has 0 amide bonds. The lowest BCUT2D eigenvalue weighted by Crippen LogP contribution is -1.94. The lowest BCUT2D eigenvalue weighted by molar-refractivity contribution is 0.853. The van der Waals surface area contributed by atoms with E-state index in [1.54, 1.807) is 11.3 Å². The van der Waals surface area contributed by atoms with Crippen LogP contribution in [0.1, 0.15) is 25.1 Å². The van der Waals surface area contributed by atoms with Gasteiger partial charge in [-0.25, -0.2) is 9.97 Å². The zero-order valence-electron chi connectivity index (χ0n) is 11.0. The van der Waals surface area contributed by atoms with Crippen LogP contribution in [-0.2, 0) is 0 Å². The average molecular weight is 301 g/mol. The molecule has 2 unspecified atom stereocenters. The molecule has 20 heavy (non-hydrogen) atoms. The number of nitrogens with zero attached hydrogens (tertiary/aromatic N) is 2. The number of rotatable bonds is 2. The molecule has 0 radical (unpaired) electrons. The number of fused-ring (bicyclic) bond motifs is 1. The molecule has 0 aliphatic heterocycles. The molecule has 2 atom stereocenters. The predicted octanol–water partition coefficient (Wildman–Crippen LogP) is 5.14. The van der Waals surface area contributed by atoms with Crippen molar-refractivity contribution in [2.75, 3.05) is 0 Å². The highest BCUT2D eigenvalue weighted by molar-refractivity contribution is 7.17. The Hall–Kier alpha value is -1.45. The molecule has 0 saturated heterocycles. The minimum atomic E-state index is 0.499. The fourth-order valence-electron chi connectivity index (χ4n) is 2.59. The van der Waals surface area contributed by atoms with Gasteiger partial charge in [0.2, 0.25) is 0 Å². The molecular formula is C16H13ClN2S. The fraction of sp³-hybridized carbons (Fsp3) is 0.250. The maximum absolute atomic E-state index is 6.43. The molecule has 4 rings (SSSR count). The first-order chi connectivity index (χ1) is 9.74. The van der Waals surface area contributed by atoms with Crippen molar-refractivity contribution in [2.24, 2.45) is 5.92 Å². The van der Waals surface area contributed by atoms with E-state index in [0.29, 0.717) is 17.0 Å². The third-order valence-electron chi connectivity index (χ3n) is 3.93. The van der Waals surface area contributed by atoms with Gasteiger partial charge in [-0.3, -0.25) is 0 Å². The average Bonchev–Trinajstić information content (AvgIpc) is 3.03. The van der Waals surface area contributed by atoms with Gasteiger partial charge >= 0.3 is 0 Å². The van der Waals surface area contributed by atoms with Gasteiger partial charge in [0.25, 0.3) is 0 Å². The second-order valence-electron chi connectivity index (χ2n) is 5.39. The molecular weight excluding hydrogens is 288 g/mol. The Bertz CT molecular complexity index is 782. The molecule has 4 heteroatoms. The normalized spacial score (nSPS) is 21.3. The van der Waals surface area contributed by atoms with E-state index in [9.17, 15) is 0 Å². The van der Waals surface area contributed by atoms with Gasteiger partial charge in [-0.15, -0.1) is 11.3 Å². The Morgan fingerprint density at radius 1 is 1.20 bits per heavy atom. The fourth-order valence-corrected chi connectivity index (χ4v) is 3.88. The second-order valence-corrected chi connectivity index (χ2v) is 6.60. The quantitative estimate of drug-likeness (QED) is 0.613. The van der Waals surface area contributed by atoms with Gasteiger partial charge < -0.3 is 0 Å². The molecule has 2 nitrogen and oxygen atoms in total.